The third-order valence-electron chi connectivity index (χ3n) is 5.26. The standard InChI is InChI=1S/C22H35ClN4O3/c1-3-15(2)20(25)22(30)27-18(13-16-9-5-4-6-10-16)21(29)26-17(19(28)14-23)11-7-8-12-24/h4-6,9-10,15,17-18,20H,3,7-8,11-14,24-25H2,1-2H3,(H,26,29)(H,27,30)/t15-,17-,18-,20-/m0/s1. The zero-order valence-corrected chi connectivity index (χ0v) is 18.7. The lowest BCUT2D eigenvalue weighted by Gasteiger charge is -2.25. The van der Waals surface area contributed by atoms with Gasteiger partial charge in [0.2, 0.25) is 11.8 Å². The molecule has 6 N–H and O–H groups in total. The van der Waals surface area contributed by atoms with Crippen molar-refractivity contribution in [1.29, 1.82) is 0 Å². The van der Waals surface area contributed by atoms with Crippen molar-refractivity contribution in [3.63, 3.8) is 0 Å². The smallest absolute Gasteiger partial charge is 0.243 e. The first-order valence-corrected chi connectivity index (χ1v) is 11.1. The molecule has 8 heteroatoms. The molecule has 0 radical (unpaired) electrons. The maximum absolute atomic E-state index is 13.0. The van der Waals surface area contributed by atoms with Gasteiger partial charge in [0, 0.05) is 6.42 Å². The van der Waals surface area contributed by atoms with Gasteiger partial charge in [0.05, 0.1) is 18.0 Å². The monoisotopic (exact) mass is 438 g/mol. The number of nitrogens with one attached hydrogen (secondary N) is 2. The summed E-state index contributed by atoms with van der Waals surface area (Å²) in [4.78, 5) is 37.8. The van der Waals surface area contributed by atoms with Crippen molar-refractivity contribution in [2.75, 3.05) is 12.4 Å². The van der Waals surface area contributed by atoms with Gasteiger partial charge in [-0.1, -0.05) is 50.6 Å². The van der Waals surface area contributed by atoms with Gasteiger partial charge < -0.3 is 22.1 Å². The molecule has 0 unspecified atom stereocenters. The zero-order valence-electron chi connectivity index (χ0n) is 17.9. The number of hydrogen-bond acceptors (Lipinski definition) is 5. The second kappa shape index (κ2) is 14.1. The van der Waals surface area contributed by atoms with Crippen LogP contribution in [-0.2, 0) is 20.8 Å². The van der Waals surface area contributed by atoms with E-state index in [1.165, 1.54) is 0 Å². The molecule has 1 aromatic carbocycles. The third-order valence-corrected chi connectivity index (χ3v) is 5.52. The van der Waals surface area contributed by atoms with E-state index in [2.05, 4.69) is 10.6 Å². The minimum Gasteiger partial charge on any atom is -0.344 e. The average molecular weight is 439 g/mol. The highest BCUT2D eigenvalue weighted by Gasteiger charge is 2.29. The number of alkyl halides is 1. The van der Waals surface area contributed by atoms with E-state index in [0.717, 1.165) is 18.4 Å². The summed E-state index contributed by atoms with van der Waals surface area (Å²) in [5, 5.41) is 5.53. The first-order valence-electron chi connectivity index (χ1n) is 10.5. The number of Topliss-reactive ketones (excluding diaryl/α,β-unsaturated/α-hetero) is 1. The Balaban J connectivity index is 2.95. The number of nitrogens with two attached hydrogens (primary N) is 2. The largest absolute Gasteiger partial charge is 0.344 e. The predicted octanol–water partition coefficient (Wildman–Crippen LogP) is 1.51. The van der Waals surface area contributed by atoms with Crippen molar-refractivity contribution in [3.05, 3.63) is 35.9 Å². The summed E-state index contributed by atoms with van der Waals surface area (Å²) in [5.74, 6) is -1.29. The first kappa shape index (κ1) is 26.1. The molecule has 0 spiro atoms. The van der Waals surface area contributed by atoms with Gasteiger partial charge >= 0.3 is 0 Å². The number of unbranched alkanes of at least 4 members (excludes halogenated alkanes) is 1. The maximum atomic E-state index is 13.0. The van der Waals surface area contributed by atoms with Gasteiger partial charge in [0.25, 0.3) is 0 Å². The molecular formula is C22H35ClN4O3. The molecule has 30 heavy (non-hydrogen) atoms. The molecule has 0 heterocycles. The van der Waals surface area contributed by atoms with Crippen LogP contribution >= 0.6 is 11.6 Å². The molecule has 0 saturated heterocycles. The van der Waals surface area contributed by atoms with E-state index in [4.69, 9.17) is 23.1 Å². The molecule has 168 valence electrons. The molecule has 4 atom stereocenters. The zero-order chi connectivity index (χ0) is 22.5. The van der Waals surface area contributed by atoms with Gasteiger partial charge in [-0.2, -0.15) is 0 Å². The Kier molecular flexibility index (Phi) is 12.3. The Hall–Kier alpha value is -1.96. The quantitative estimate of drug-likeness (QED) is 0.258. The average Bonchev–Trinajstić information content (AvgIpc) is 2.76. The topological polar surface area (TPSA) is 127 Å². The fourth-order valence-corrected chi connectivity index (χ4v) is 3.20. The Bertz CT molecular complexity index is 672. The van der Waals surface area contributed by atoms with Gasteiger partial charge in [-0.15, -0.1) is 11.6 Å². The van der Waals surface area contributed by atoms with E-state index in [0.29, 0.717) is 19.4 Å². The molecule has 0 aliphatic heterocycles. The molecule has 0 aliphatic rings. The lowest BCUT2D eigenvalue weighted by Crippen LogP contribution is -2.56. The maximum Gasteiger partial charge on any atom is 0.243 e. The van der Waals surface area contributed by atoms with Crippen LogP contribution in [0.5, 0.6) is 0 Å². The van der Waals surface area contributed by atoms with Crippen LogP contribution in [0.1, 0.15) is 45.1 Å². The van der Waals surface area contributed by atoms with Crippen LogP contribution in [0.4, 0.5) is 0 Å². The molecule has 0 aliphatic carbocycles. The highest BCUT2D eigenvalue weighted by Crippen LogP contribution is 2.09. The summed E-state index contributed by atoms with van der Waals surface area (Å²) in [6, 6.07) is 7.09. The van der Waals surface area contributed by atoms with Crippen molar-refractivity contribution in [2.24, 2.45) is 17.4 Å². The van der Waals surface area contributed by atoms with E-state index in [-0.39, 0.29) is 29.9 Å². The van der Waals surface area contributed by atoms with E-state index in [1.807, 2.05) is 44.2 Å². The number of benzene rings is 1. The summed E-state index contributed by atoms with van der Waals surface area (Å²) >= 11 is 5.72. The number of carbonyl (C=O) groups excluding carboxylic acids is 3. The summed E-state index contributed by atoms with van der Waals surface area (Å²) in [6.45, 7) is 4.36. The number of ketones is 1. The van der Waals surface area contributed by atoms with Gasteiger partial charge in [0.1, 0.15) is 6.04 Å². The number of hydrogen-bond donors (Lipinski definition) is 4. The number of halogens is 1. The van der Waals surface area contributed by atoms with Crippen molar-refractivity contribution in [3.8, 4) is 0 Å². The summed E-state index contributed by atoms with van der Waals surface area (Å²) in [6.07, 6.45) is 2.93. The summed E-state index contributed by atoms with van der Waals surface area (Å²) in [7, 11) is 0. The Morgan fingerprint density at radius 2 is 1.67 bits per heavy atom. The number of carbonyl (C=O) groups is 3. The number of rotatable bonds is 14. The summed E-state index contributed by atoms with van der Waals surface area (Å²) in [5.41, 5.74) is 12.4. The fourth-order valence-electron chi connectivity index (χ4n) is 3.01. The normalized spacial score (nSPS) is 15.0. The first-order chi connectivity index (χ1) is 14.3. The van der Waals surface area contributed by atoms with Crippen LogP contribution in [0, 0.1) is 5.92 Å². The predicted molar refractivity (Wildman–Crippen MR) is 120 cm³/mol. The molecule has 0 saturated carbocycles. The minimum absolute atomic E-state index is 0.0210. The van der Waals surface area contributed by atoms with Crippen LogP contribution < -0.4 is 22.1 Å². The molecule has 1 aromatic rings. The van der Waals surface area contributed by atoms with Gasteiger partial charge in [-0.3, -0.25) is 14.4 Å². The second-order valence-corrected chi connectivity index (χ2v) is 7.88. The van der Waals surface area contributed by atoms with Crippen LogP contribution in [0.2, 0.25) is 0 Å². The van der Waals surface area contributed by atoms with Crippen LogP contribution in [0.15, 0.2) is 30.3 Å². The third kappa shape index (κ3) is 8.81. The Labute approximate surface area is 184 Å². The second-order valence-electron chi connectivity index (χ2n) is 7.61. The summed E-state index contributed by atoms with van der Waals surface area (Å²) < 4.78 is 0. The Morgan fingerprint density at radius 3 is 2.23 bits per heavy atom. The van der Waals surface area contributed by atoms with Gasteiger partial charge in [0.15, 0.2) is 5.78 Å². The molecule has 0 aromatic heterocycles. The molecular weight excluding hydrogens is 404 g/mol. The van der Waals surface area contributed by atoms with Crippen molar-refractivity contribution >= 4 is 29.2 Å². The lowest BCUT2D eigenvalue weighted by molar-refractivity contribution is -0.132. The highest BCUT2D eigenvalue weighted by molar-refractivity contribution is 6.28. The lowest BCUT2D eigenvalue weighted by atomic mass is 9.98. The van der Waals surface area contributed by atoms with Crippen LogP contribution in [0.25, 0.3) is 0 Å². The SMILES string of the molecule is CC[C@H](C)[C@H](N)C(=O)N[C@@H](Cc1ccccc1)C(=O)N[C@@H](CCCCN)C(=O)CCl. The van der Waals surface area contributed by atoms with Crippen molar-refractivity contribution < 1.29 is 14.4 Å². The van der Waals surface area contributed by atoms with Crippen LogP contribution in [-0.4, -0.2) is 48.1 Å². The molecule has 7 nitrogen and oxygen atoms in total. The highest BCUT2D eigenvalue weighted by atomic mass is 35.5. The van der Waals surface area contributed by atoms with Crippen molar-refractivity contribution in [1.82, 2.24) is 10.6 Å². The van der Waals surface area contributed by atoms with E-state index in [1.54, 1.807) is 0 Å². The molecule has 0 bridgehead atoms. The van der Waals surface area contributed by atoms with Crippen LogP contribution in [0.3, 0.4) is 0 Å². The van der Waals surface area contributed by atoms with Crippen molar-refractivity contribution in [2.45, 2.75) is 64.1 Å². The van der Waals surface area contributed by atoms with E-state index >= 15 is 0 Å². The van der Waals surface area contributed by atoms with Gasteiger partial charge in [-0.05, 0) is 37.3 Å². The minimum atomic E-state index is -0.852. The van der Waals surface area contributed by atoms with E-state index < -0.39 is 24.0 Å². The van der Waals surface area contributed by atoms with E-state index in [9.17, 15) is 14.4 Å². The molecule has 1 rings (SSSR count). The molecule has 2 amide bonds. The molecule has 0 fully saturated rings. The van der Waals surface area contributed by atoms with Gasteiger partial charge in [-0.25, -0.2) is 0 Å². The number of amides is 2. The Morgan fingerprint density at radius 1 is 1.03 bits per heavy atom. The fraction of sp³-hybridized carbons (Fsp3) is 0.591.